The summed E-state index contributed by atoms with van der Waals surface area (Å²) in [7, 11) is 1.58. The van der Waals surface area contributed by atoms with Gasteiger partial charge in [0.2, 0.25) is 11.6 Å². The van der Waals surface area contributed by atoms with Gasteiger partial charge in [0.15, 0.2) is 0 Å². The molecule has 0 saturated heterocycles. The van der Waals surface area contributed by atoms with E-state index in [4.69, 9.17) is 11.1 Å². The summed E-state index contributed by atoms with van der Waals surface area (Å²) < 4.78 is 0. The summed E-state index contributed by atoms with van der Waals surface area (Å²) in [6, 6.07) is 8.74. The van der Waals surface area contributed by atoms with E-state index in [-0.39, 0.29) is 17.3 Å². The van der Waals surface area contributed by atoms with Crippen LogP contribution < -0.4 is 16.2 Å². The zero-order valence-corrected chi connectivity index (χ0v) is 11.0. The summed E-state index contributed by atoms with van der Waals surface area (Å²) in [6.45, 7) is 0. The first-order chi connectivity index (χ1) is 10.1. The number of nitrogens with one attached hydrogen (secondary N) is 1. The predicted octanol–water partition coefficient (Wildman–Crippen LogP) is 1.31. The molecule has 0 fully saturated rings. The van der Waals surface area contributed by atoms with E-state index < -0.39 is 4.92 Å². The van der Waals surface area contributed by atoms with E-state index >= 15 is 0 Å². The Hall–Kier alpha value is -3.25. The molecule has 1 aromatic heterocycles. The van der Waals surface area contributed by atoms with Gasteiger partial charge in [-0.25, -0.2) is 15.8 Å². The van der Waals surface area contributed by atoms with Crippen LogP contribution in [0.5, 0.6) is 0 Å². The summed E-state index contributed by atoms with van der Waals surface area (Å²) in [5.41, 5.74) is 2.66. The number of nitro groups is 1. The van der Waals surface area contributed by atoms with Gasteiger partial charge in [-0.3, -0.25) is 10.1 Å². The molecule has 9 heteroatoms. The molecule has 1 aromatic carbocycles. The third-order valence-corrected chi connectivity index (χ3v) is 2.83. The molecule has 0 aliphatic heterocycles. The number of nitrogens with zero attached hydrogens (tertiary/aromatic N) is 5. The Morgan fingerprint density at radius 2 is 2.14 bits per heavy atom. The number of hydrazine groups is 1. The SMILES string of the molecule is CN(c1ccccc1C#N)c1ncnc(NN)c1[N+](=O)[O-]. The number of nitrogens with two attached hydrogens (primary N) is 1. The Balaban J connectivity index is 2.61. The first-order valence-corrected chi connectivity index (χ1v) is 5.79. The number of rotatable bonds is 4. The van der Waals surface area contributed by atoms with Gasteiger partial charge in [-0.15, -0.1) is 0 Å². The van der Waals surface area contributed by atoms with Crippen LogP contribution in [0.15, 0.2) is 30.6 Å². The number of nitrogen functional groups attached to an aromatic ring is 1. The van der Waals surface area contributed by atoms with Gasteiger partial charge < -0.3 is 10.3 Å². The molecule has 2 rings (SSSR count). The summed E-state index contributed by atoms with van der Waals surface area (Å²) in [5, 5.41) is 20.3. The monoisotopic (exact) mass is 285 g/mol. The zero-order chi connectivity index (χ0) is 15.4. The molecule has 21 heavy (non-hydrogen) atoms. The first-order valence-electron chi connectivity index (χ1n) is 5.79. The van der Waals surface area contributed by atoms with Gasteiger partial charge in [-0.1, -0.05) is 12.1 Å². The summed E-state index contributed by atoms with van der Waals surface area (Å²) in [5.74, 6) is 5.16. The number of aromatic nitrogens is 2. The molecule has 2 aromatic rings. The number of benzene rings is 1. The second-order valence-corrected chi connectivity index (χ2v) is 3.98. The fourth-order valence-corrected chi connectivity index (χ4v) is 1.86. The highest BCUT2D eigenvalue weighted by molar-refractivity contribution is 5.77. The van der Waals surface area contributed by atoms with Gasteiger partial charge in [0, 0.05) is 7.05 Å². The topological polar surface area (TPSA) is 134 Å². The summed E-state index contributed by atoms with van der Waals surface area (Å²) >= 11 is 0. The van der Waals surface area contributed by atoms with Crippen LogP contribution in [0.1, 0.15) is 5.56 Å². The largest absolute Gasteiger partial charge is 0.355 e. The van der Waals surface area contributed by atoms with Crippen molar-refractivity contribution in [2.75, 3.05) is 17.4 Å². The van der Waals surface area contributed by atoms with Crippen molar-refractivity contribution in [1.82, 2.24) is 9.97 Å². The molecule has 0 saturated carbocycles. The predicted molar refractivity (Wildman–Crippen MR) is 75.7 cm³/mol. The zero-order valence-electron chi connectivity index (χ0n) is 11.0. The van der Waals surface area contributed by atoms with E-state index in [1.54, 1.807) is 31.3 Å². The van der Waals surface area contributed by atoms with Crippen LogP contribution in [-0.2, 0) is 0 Å². The molecular formula is C12H11N7O2. The quantitative estimate of drug-likeness (QED) is 0.487. The number of para-hydroxylation sites is 1. The van der Waals surface area contributed by atoms with E-state index in [1.165, 1.54) is 4.90 Å². The van der Waals surface area contributed by atoms with Gasteiger partial charge in [0.1, 0.15) is 12.4 Å². The van der Waals surface area contributed by atoms with Gasteiger partial charge >= 0.3 is 5.69 Å². The second kappa shape index (κ2) is 5.81. The van der Waals surface area contributed by atoms with Crippen LogP contribution in [0, 0.1) is 21.4 Å². The fraction of sp³-hybridized carbons (Fsp3) is 0.0833. The van der Waals surface area contributed by atoms with Crippen LogP contribution in [0.4, 0.5) is 23.0 Å². The Bertz CT molecular complexity index is 726. The van der Waals surface area contributed by atoms with Gasteiger partial charge in [-0.05, 0) is 12.1 Å². The maximum absolute atomic E-state index is 11.2. The lowest BCUT2D eigenvalue weighted by Crippen LogP contribution is -2.18. The highest BCUT2D eigenvalue weighted by Gasteiger charge is 2.26. The third kappa shape index (κ3) is 2.56. The lowest BCUT2D eigenvalue weighted by Gasteiger charge is -2.19. The average Bonchev–Trinajstić information content (AvgIpc) is 2.53. The molecule has 9 nitrogen and oxygen atoms in total. The highest BCUT2D eigenvalue weighted by atomic mass is 16.6. The minimum absolute atomic E-state index is 0.0330. The van der Waals surface area contributed by atoms with Crippen molar-refractivity contribution in [2.45, 2.75) is 0 Å². The van der Waals surface area contributed by atoms with Crippen molar-refractivity contribution in [3.8, 4) is 6.07 Å². The Kier molecular flexibility index (Phi) is 3.92. The number of hydrogen-bond acceptors (Lipinski definition) is 8. The molecule has 0 spiro atoms. The highest BCUT2D eigenvalue weighted by Crippen LogP contribution is 2.35. The van der Waals surface area contributed by atoms with Gasteiger partial charge in [0.25, 0.3) is 0 Å². The number of anilines is 3. The van der Waals surface area contributed by atoms with Gasteiger partial charge in [0.05, 0.1) is 16.2 Å². The minimum atomic E-state index is -0.629. The van der Waals surface area contributed by atoms with Crippen molar-refractivity contribution < 1.29 is 4.92 Å². The van der Waals surface area contributed by atoms with E-state index in [0.29, 0.717) is 11.3 Å². The Labute approximate surface area is 119 Å². The molecule has 1 heterocycles. The maximum atomic E-state index is 11.2. The summed E-state index contributed by atoms with van der Waals surface area (Å²) in [6.07, 6.45) is 1.16. The van der Waals surface area contributed by atoms with Crippen LogP contribution in [0.25, 0.3) is 0 Å². The Morgan fingerprint density at radius 1 is 1.43 bits per heavy atom. The molecule has 0 aliphatic carbocycles. The molecule has 3 N–H and O–H groups in total. The molecule has 0 radical (unpaired) electrons. The van der Waals surface area contributed by atoms with Crippen molar-refractivity contribution in [3.05, 3.63) is 46.3 Å². The van der Waals surface area contributed by atoms with E-state index in [9.17, 15) is 10.1 Å². The first kappa shape index (κ1) is 14.2. The second-order valence-electron chi connectivity index (χ2n) is 3.98. The lowest BCUT2D eigenvalue weighted by molar-refractivity contribution is -0.383. The molecule has 0 bridgehead atoms. The van der Waals surface area contributed by atoms with Crippen molar-refractivity contribution in [1.29, 1.82) is 5.26 Å². The third-order valence-electron chi connectivity index (χ3n) is 2.83. The van der Waals surface area contributed by atoms with Crippen LogP contribution >= 0.6 is 0 Å². The van der Waals surface area contributed by atoms with E-state index in [0.717, 1.165) is 6.33 Å². The minimum Gasteiger partial charge on any atom is -0.322 e. The number of hydrogen-bond donors (Lipinski definition) is 2. The molecule has 106 valence electrons. The van der Waals surface area contributed by atoms with E-state index in [1.807, 2.05) is 6.07 Å². The van der Waals surface area contributed by atoms with Crippen LogP contribution in [0.2, 0.25) is 0 Å². The van der Waals surface area contributed by atoms with Crippen molar-refractivity contribution in [2.24, 2.45) is 5.84 Å². The van der Waals surface area contributed by atoms with Crippen molar-refractivity contribution >= 4 is 23.0 Å². The van der Waals surface area contributed by atoms with Crippen LogP contribution in [0.3, 0.4) is 0 Å². The molecule has 0 aliphatic rings. The standard InChI is InChI=1S/C12H11N7O2/c1-18(9-5-3-2-4-8(9)6-13)12-10(19(20)21)11(17-14)15-7-16-12/h2-5,7H,14H2,1H3,(H,15,16,17). The smallest absolute Gasteiger partial charge is 0.322 e. The summed E-state index contributed by atoms with van der Waals surface area (Å²) in [4.78, 5) is 19.7. The van der Waals surface area contributed by atoms with Crippen LogP contribution in [-0.4, -0.2) is 21.9 Å². The fourth-order valence-electron chi connectivity index (χ4n) is 1.86. The Morgan fingerprint density at radius 3 is 2.76 bits per heavy atom. The normalized spacial score (nSPS) is 9.76. The molecular weight excluding hydrogens is 274 g/mol. The molecule has 0 atom stereocenters. The lowest BCUT2D eigenvalue weighted by atomic mass is 10.2. The van der Waals surface area contributed by atoms with Crippen molar-refractivity contribution in [3.63, 3.8) is 0 Å². The molecule has 0 amide bonds. The average molecular weight is 285 g/mol. The maximum Gasteiger partial charge on any atom is 0.355 e. The van der Waals surface area contributed by atoms with E-state index in [2.05, 4.69) is 15.4 Å². The molecule has 0 unspecified atom stereocenters. The van der Waals surface area contributed by atoms with Gasteiger partial charge in [-0.2, -0.15) is 5.26 Å². The number of nitriles is 1.